The summed E-state index contributed by atoms with van der Waals surface area (Å²) in [5.41, 5.74) is 1.70. The first kappa shape index (κ1) is 11.5. The van der Waals surface area contributed by atoms with Gasteiger partial charge in [-0.2, -0.15) is 0 Å². The highest BCUT2D eigenvalue weighted by Crippen LogP contribution is 2.21. The summed E-state index contributed by atoms with van der Waals surface area (Å²) in [7, 11) is 1.83. The standard InChI is InChI=1S/C13H15N3O/c1-14-9-7-13(17)16-12-6-2-5-11-10(12)4-3-8-15-11/h2-6,8,14H,7,9H2,1H3,(H,16,17). The number of nitrogens with zero attached hydrogens (tertiary/aromatic N) is 1. The van der Waals surface area contributed by atoms with E-state index in [1.54, 1.807) is 6.20 Å². The first-order valence-electron chi connectivity index (χ1n) is 5.59. The molecule has 88 valence electrons. The number of hydrogen-bond donors (Lipinski definition) is 2. The summed E-state index contributed by atoms with van der Waals surface area (Å²) in [5.74, 6) is 0.00991. The van der Waals surface area contributed by atoms with Crippen molar-refractivity contribution in [2.75, 3.05) is 18.9 Å². The first-order chi connectivity index (χ1) is 8.31. The predicted molar refractivity (Wildman–Crippen MR) is 68.9 cm³/mol. The predicted octanol–water partition coefficient (Wildman–Crippen LogP) is 1.78. The number of rotatable bonds is 4. The van der Waals surface area contributed by atoms with Gasteiger partial charge < -0.3 is 10.6 Å². The Balaban J connectivity index is 2.21. The monoisotopic (exact) mass is 229 g/mol. The van der Waals surface area contributed by atoms with Crippen molar-refractivity contribution in [2.24, 2.45) is 0 Å². The third-order valence-electron chi connectivity index (χ3n) is 2.52. The van der Waals surface area contributed by atoms with E-state index in [9.17, 15) is 4.79 Å². The van der Waals surface area contributed by atoms with Gasteiger partial charge in [0, 0.05) is 24.5 Å². The van der Waals surface area contributed by atoms with Gasteiger partial charge in [-0.15, -0.1) is 0 Å². The molecular formula is C13H15N3O. The summed E-state index contributed by atoms with van der Waals surface area (Å²) in [5, 5.41) is 6.81. The molecule has 0 aliphatic heterocycles. The zero-order valence-electron chi connectivity index (χ0n) is 9.73. The molecule has 0 radical (unpaired) electrons. The van der Waals surface area contributed by atoms with Crippen LogP contribution in [0.15, 0.2) is 36.5 Å². The van der Waals surface area contributed by atoms with E-state index >= 15 is 0 Å². The van der Waals surface area contributed by atoms with Gasteiger partial charge in [0.15, 0.2) is 0 Å². The molecule has 1 heterocycles. The number of carbonyl (C=O) groups is 1. The maximum atomic E-state index is 11.6. The molecule has 0 spiro atoms. The number of fused-ring (bicyclic) bond motifs is 1. The molecule has 0 bridgehead atoms. The highest BCUT2D eigenvalue weighted by atomic mass is 16.1. The quantitative estimate of drug-likeness (QED) is 0.840. The molecule has 1 aromatic heterocycles. The van der Waals surface area contributed by atoms with Crippen molar-refractivity contribution in [3.05, 3.63) is 36.5 Å². The fourth-order valence-electron chi connectivity index (χ4n) is 1.66. The van der Waals surface area contributed by atoms with Crippen LogP contribution in [0.4, 0.5) is 5.69 Å². The minimum absolute atomic E-state index is 0.00991. The first-order valence-corrected chi connectivity index (χ1v) is 5.59. The Morgan fingerprint density at radius 1 is 1.29 bits per heavy atom. The number of anilines is 1. The number of aromatic nitrogens is 1. The van der Waals surface area contributed by atoms with Crippen molar-refractivity contribution in [2.45, 2.75) is 6.42 Å². The summed E-state index contributed by atoms with van der Waals surface area (Å²) in [6.45, 7) is 0.675. The molecule has 4 heteroatoms. The van der Waals surface area contributed by atoms with E-state index in [1.165, 1.54) is 0 Å². The van der Waals surface area contributed by atoms with Gasteiger partial charge in [0.1, 0.15) is 0 Å². The molecule has 4 nitrogen and oxygen atoms in total. The fraction of sp³-hybridized carbons (Fsp3) is 0.231. The van der Waals surface area contributed by atoms with E-state index in [1.807, 2.05) is 37.4 Å². The van der Waals surface area contributed by atoms with Crippen LogP contribution in [-0.4, -0.2) is 24.5 Å². The van der Waals surface area contributed by atoms with Crippen LogP contribution in [0.1, 0.15) is 6.42 Å². The van der Waals surface area contributed by atoms with Gasteiger partial charge in [-0.1, -0.05) is 6.07 Å². The summed E-state index contributed by atoms with van der Waals surface area (Å²) in [4.78, 5) is 15.9. The van der Waals surface area contributed by atoms with Crippen LogP contribution in [-0.2, 0) is 4.79 Å². The largest absolute Gasteiger partial charge is 0.325 e. The average molecular weight is 229 g/mol. The van der Waals surface area contributed by atoms with Gasteiger partial charge in [-0.3, -0.25) is 9.78 Å². The molecule has 0 fully saturated rings. The van der Waals surface area contributed by atoms with E-state index in [0.29, 0.717) is 13.0 Å². The molecule has 1 amide bonds. The topological polar surface area (TPSA) is 54.0 Å². The van der Waals surface area contributed by atoms with Crippen LogP contribution in [0.3, 0.4) is 0 Å². The number of hydrogen-bond acceptors (Lipinski definition) is 3. The van der Waals surface area contributed by atoms with Crippen molar-refractivity contribution in [1.82, 2.24) is 10.3 Å². The van der Waals surface area contributed by atoms with Crippen LogP contribution in [0, 0.1) is 0 Å². The van der Waals surface area contributed by atoms with Gasteiger partial charge >= 0.3 is 0 Å². The molecule has 0 atom stereocenters. The molecular weight excluding hydrogens is 214 g/mol. The third kappa shape index (κ3) is 2.79. The second-order valence-electron chi connectivity index (χ2n) is 3.78. The van der Waals surface area contributed by atoms with Crippen molar-refractivity contribution in [3.8, 4) is 0 Å². The smallest absolute Gasteiger partial charge is 0.225 e. The number of pyridine rings is 1. The van der Waals surface area contributed by atoms with E-state index in [2.05, 4.69) is 15.6 Å². The molecule has 17 heavy (non-hydrogen) atoms. The molecule has 0 aliphatic rings. The van der Waals surface area contributed by atoms with Crippen LogP contribution in [0.25, 0.3) is 10.9 Å². The molecule has 0 saturated carbocycles. The zero-order valence-corrected chi connectivity index (χ0v) is 9.73. The Morgan fingerprint density at radius 3 is 3.00 bits per heavy atom. The van der Waals surface area contributed by atoms with Crippen LogP contribution >= 0.6 is 0 Å². The highest BCUT2D eigenvalue weighted by Gasteiger charge is 2.05. The summed E-state index contributed by atoms with van der Waals surface area (Å²) >= 11 is 0. The normalized spacial score (nSPS) is 10.4. The van der Waals surface area contributed by atoms with E-state index in [4.69, 9.17) is 0 Å². The van der Waals surface area contributed by atoms with E-state index < -0.39 is 0 Å². The van der Waals surface area contributed by atoms with Crippen molar-refractivity contribution in [3.63, 3.8) is 0 Å². The SMILES string of the molecule is CNCCC(=O)Nc1cccc2ncccc12. The molecule has 2 aromatic rings. The molecule has 2 N–H and O–H groups in total. The molecule has 0 saturated heterocycles. The average Bonchev–Trinajstić information content (AvgIpc) is 2.37. The Hall–Kier alpha value is -1.94. The lowest BCUT2D eigenvalue weighted by Gasteiger charge is -2.07. The maximum absolute atomic E-state index is 11.6. The van der Waals surface area contributed by atoms with Crippen LogP contribution in [0.5, 0.6) is 0 Å². The van der Waals surface area contributed by atoms with E-state index in [0.717, 1.165) is 16.6 Å². The van der Waals surface area contributed by atoms with Gasteiger partial charge in [0.2, 0.25) is 5.91 Å². The minimum atomic E-state index is 0.00991. The Labute approximate surface area is 100 Å². The number of nitrogens with one attached hydrogen (secondary N) is 2. The van der Waals surface area contributed by atoms with Crippen LogP contribution < -0.4 is 10.6 Å². The maximum Gasteiger partial charge on any atom is 0.225 e. The van der Waals surface area contributed by atoms with Gasteiger partial charge in [0.25, 0.3) is 0 Å². The van der Waals surface area contributed by atoms with Crippen LogP contribution in [0.2, 0.25) is 0 Å². The number of amides is 1. The fourth-order valence-corrected chi connectivity index (χ4v) is 1.66. The lowest BCUT2D eigenvalue weighted by atomic mass is 10.2. The Morgan fingerprint density at radius 2 is 2.18 bits per heavy atom. The van der Waals surface area contributed by atoms with Gasteiger partial charge in [-0.25, -0.2) is 0 Å². The number of benzene rings is 1. The lowest BCUT2D eigenvalue weighted by Crippen LogP contribution is -2.18. The second kappa shape index (κ2) is 5.41. The summed E-state index contributed by atoms with van der Waals surface area (Å²) in [6.07, 6.45) is 2.21. The molecule has 1 aromatic carbocycles. The van der Waals surface area contributed by atoms with Crippen molar-refractivity contribution < 1.29 is 4.79 Å². The molecule has 0 aliphatic carbocycles. The molecule has 0 unspecified atom stereocenters. The zero-order chi connectivity index (χ0) is 12.1. The minimum Gasteiger partial charge on any atom is -0.325 e. The second-order valence-corrected chi connectivity index (χ2v) is 3.78. The van der Waals surface area contributed by atoms with Gasteiger partial charge in [-0.05, 0) is 31.3 Å². The van der Waals surface area contributed by atoms with Crippen molar-refractivity contribution in [1.29, 1.82) is 0 Å². The Bertz CT molecular complexity index is 520. The van der Waals surface area contributed by atoms with Crippen molar-refractivity contribution >= 4 is 22.5 Å². The van der Waals surface area contributed by atoms with Gasteiger partial charge in [0.05, 0.1) is 11.2 Å². The summed E-state index contributed by atoms with van der Waals surface area (Å²) < 4.78 is 0. The third-order valence-corrected chi connectivity index (χ3v) is 2.52. The molecule has 2 rings (SSSR count). The highest BCUT2D eigenvalue weighted by molar-refractivity contribution is 6.00. The summed E-state index contributed by atoms with van der Waals surface area (Å²) in [6, 6.07) is 9.53. The van der Waals surface area contributed by atoms with E-state index in [-0.39, 0.29) is 5.91 Å². The number of carbonyl (C=O) groups excluding carboxylic acids is 1. The Kier molecular flexibility index (Phi) is 3.67. The lowest BCUT2D eigenvalue weighted by molar-refractivity contribution is -0.116.